The number of hydrogen-bond acceptors (Lipinski definition) is 9. The van der Waals surface area contributed by atoms with E-state index in [-0.39, 0.29) is 38.7 Å². The summed E-state index contributed by atoms with van der Waals surface area (Å²) < 4.78 is 36.6. The Morgan fingerprint density at radius 1 is 0.757 bits per heavy atom. The zero-order chi connectivity index (χ0) is 53.5. The minimum absolute atomic E-state index is 0. The molecular formula is C61H81Cl2CuN5O5. The van der Waals surface area contributed by atoms with E-state index in [9.17, 15) is 4.79 Å². The molecule has 1 radical (unpaired) electrons. The molecule has 13 heteroatoms. The molecule has 405 valence electrons. The fraction of sp³-hybridized carbons (Fsp3) is 0.475. The van der Waals surface area contributed by atoms with Crippen molar-refractivity contribution in [1.82, 2.24) is 4.98 Å². The van der Waals surface area contributed by atoms with E-state index >= 15 is 0 Å². The summed E-state index contributed by atoms with van der Waals surface area (Å²) in [4.78, 5) is 26.0. The van der Waals surface area contributed by atoms with Crippen LogP contribution in [0.2, 0.25) is 0 Å². The molecule has 1 aromatic heterocycles. The van der Waals surface area contributed by atoms with Crippen LogP contribution in [-0.2, 0) is 27.9 Å². The van der Waals surface area contributed by atoms with Crippen LogP contribution < -0.4 is 28.4 Å². The van der Waals surface area contributed by atoms with Gasteiger partial charge in [-0.15, -0.1) is 10.2 Å². The quantitative estimate of drug-likeness (QED) is 0.0483. The summed E-state index contributed by atoms with van der Waals surface area (Å²) in [7, 11) is -4.94. The molecule has 2 aliphatic heterocycles. The van der Waals surface area contributed by atoms with E-state index in [0.29, 0.717) is 17.0 Å². The molecule has 10 nitrogen and oxygen atoms in total. The number of anilines is 2. The van der Waals surface area contributed by atoms with Gasteiger partial charge in [-0.05, 0) is 127 Å². The van der Waals surface area contributed by atoms with Gasteiger partial charge < -0.3 is 9.80 Å². The number of aliphatic imine (C=N–C) groups is 1. The number of Topliss-reactive ketones (excluding diaryl/α,β-unsaturated/α-hetero) is 1. The van der Waals surface area contributed by atoms with Gasteiger partial charge in [0.2, 0.25) is 11.5 Å². The van der Waals surface area contributed by atoms with Gasteiger partial charge in [0.25, 0.3) is 0 Å². The molecule has 0 amide bonds. The minimum atomic E-state index is -4.94. The third-order valence-electron chi connectivity index (χ3n) is 14.4. The predicted molar refractivity (Wildman–Crippen MR) is 293 cm³/mol. The average molecular weight is 1100 g/mol. The first-order valence-corrected chi connectivity index (χ1v) is 28.3. The third kappa shape index (κ3) is 16.3. The van der Waals surface area contributed by atoms with E-state index in [1.54, 1.807) is 18.3 Å². The zero-order valence-corrected chi connectivity index (χ0v) is 48.3. The normalized spacial score (nSPS) is 16.3. The number of allylic oxidation sites excluding steroid dienone is 6. The molecule has 7 rings (SSSR count). The van der Waals surface area contributed by atoms with Crippen LogP contribution in [0.5, 0.6) is 0 Å². The van der Waals surface area contributed by atoms with Gasteiger partial charge in [-0.3, -0.25) is 9.78 Å². The van der Waals surface area contributed by atoms with E-state index in [4.69, 9.17) is 35.2 Å². The van der Waals surface area contributed by atoms with Crippen molar-refractivity contribution < 1.29 is 55.3 Å². The maximum atomic E-state index is 12.1. The van der Waals surface area contributed by atoms with Crippen LogP contribution in [0.15, 0.2) is 113 Å². The molecule has 4 aromatic rings. The van der Waals surface area contributed by atoms with Gasteiger partial charge in [-0.25, -0.2) is 23.6 Å². The Labute approximate surface area is 461 Å². The van der Waals surface area contributed by atoms with Gasteiger partial charge >= 0.3 is 0 Å². The van der Waals surface area contributed by atoms with Crippen molar-refractivity contribution in [3.8, 4) is 0 Å². The second kappa shape index (κ2) is 28.6. The summed E-state index contributed by atoms with van der Waals surface area (Å²) in [6.45, 7) is 29.2. The summed E-state index contributed by atoms with van der Waals surface area (Å²) in [5, 5.41) is 0.141. The van der Waals surface area contributed by atoms with Crippen molar-refractivity contribution in [1.29, 1.82) is 0 Å². The van der Waals surface area contributed by atoms with Gasteiger partial charge in [-0.1, -0.05) is 132 Å². The van der Waals surface area contributed by atoms with Crippen LogP contribution in [0.25, 0.3) is 0 Å². The molecule has 3 aromatic carbocycles. The van der Waals surface area contributed by atoms with Crippen LogP contribution in [0.4, 0.5) is 22.7 Å². The second-order valence-corrected chi connectivity index (χ2v) is 21.8. The number of pyridine rings is 1. The number of carbonyl (C=O) groups is 1. The summed E-state index contributed by atoms with van der Waals surface area (Å²) in [5.74, 6) is -0.259. The van der Waals surface area contributed by atoms with Gasteiger partial charge in [-0.2, -0.15) is 4.58 Å². The molecule has 74 heavy (non-hydrogen) atoms. The van der Waals surface area contributed by atoms with E-state index < -0.39 is 10.2 Å². The molecule has 0 N–H and O–H groups in total. The molecule has 0 spiro atoms. The molecule has 1 aliphatic carbocycles. The Morgan fingerprint density at radius 2 is 1.35 bits per heavy atom. The Kier molecular flexibility index (Phi) is 24.0. The monoisotopic (exact) mass is 1100 g/mol. The molecular weight excluding hydrogens is 1020 g/mol. The van der Waals surface area contributed by atoms with Gasteiger partial charge in [0.1, 0.15) is 12.2 Å². The van der Waals surface area contributed by atoms with Crippen molar-refractivity contribution in [3.05, 3.63) is 147 Å². The second-order valence-electron chi connectivity index (χ2n) is 20.7. The average Bonchev–Trinajstić information content (AvgIpc) is 3.67. The first kappa shape index (κ1) is 62.1. The van der Waals surface area contributed by atoms with Gasteiger partial charge in [0.15, 0.2) is 5.71 Å². The van der Waals surface area contributed by atoms with Crippen LogP contribution in [-0.4, -0.2) is 52.9 Å². The number of benzene rings is 3. The van der Waals surface area contributed by atoms with E-state index in [0.717, 1.165) is 37.4 Å². The molecule has 0 atom stereocenters. The SMILES string of the molecule is CCCCCCCCN1C(=CC=CC2=[N+](CCCCCCCC)c3ccc(C)cc3C2(C)C)C(C)(C)c2cc(C)ccc21.CCN(CC)c1ccc(N=C2C=C(Cl)C(=O)c3ncccc32)c(C)c1.[Cu].[O-][Cl+3]([O-])([O-])[O-]. The number of aromatic nitrogens is 1. The molecule has 3 aliphatic rings. The number of rotatable bonds is 20. The third-order valence-corrected chi connectivity index (χ3v) is 14.7. The first-order chi connectivity index (χ1) is 34.7. The molecule has 0 fully saturated rings. The predicted octanol–water partition coefficient (Wildman–Crippen LogP) is 11.6. The largest absolute Gasteiger partial charge is 0.372 e. The fourth-order valence-corrected chi connectivity index (χ4v) is 10.5. The van der Waals surface area contributed by atoms with Crippen molar-refractivity contribution in [2.24, 2.45) is 4.99 Å². The number of aryl methyl sites for hydroxylation is 3. The summed E-state index contributed by atoms with van der Waals surface area (Å²) >= 11 is 6.08. The van der Waals surface area contributed by atoms with Crippen LogP contribution in [0.1, 0.15) is 176 Å². The standard InChI is InChI=1S/C41H61N2.C20H20ClN3O.ClHO4.Cu/c1-9-11-13-15-17-19-28-42-36-26-24-32(3)30-34(36)40(5,6)38(42)22-21-23-39-41(7,8)35-31-33(4)25-27-37(35)43(39)29-20-18-16-14-12-10-2;1-4-24(5-2)14-8-9-17(13(3)11-14)23-18-12-16(21)20(25)19-15(18)7-6-10-22-19;2-1(3,4)5;/h21-27,30-31H,9-20,28-29H2,1-8H3;6-12H,4-5H2,1-3H3;(H,2,3,4,5);/q+1;;;/p-1. The molecule has 3 heterocycles. The van der Waals surface area contributed by atoms with Crippen LogP contribution in [0, 0.1) is 31.0 Å². The van der Waals surface area contributed by atoms with E-state index in [2.05, 4.69) is 155 Å². The van der Waals surface area contributed by atoms with E-state index in [1.165, 1.54) is 128 Å². The number of unbranched alkanes of at least 4 members (excludes halogenated alkanes) is 10. The smallest absolute Gasteiger partial charge is 0.223 e. The summed E-state index contributed by atoms with van der Waals surface area (Å²) in [5.41, 5.74) is 16.1. The number of nitrogens with zero attached hydrogens (tertiary/aromatic N) is 5. The Bertz CT molecular complexity index is 2670. The summed E-state index contributed by atoms with van der Waals surface area (Å²) in [6, 6.07) is 24.0. The number of ketones is 1. The Balaban J connectivity index is 0.000000322. The van der Waals surface area contributed by atoms with Gasteiger partial charge in [0, 0.05) is 95.1 Å². The van der Waals surface area contributed by atoms with Crippen LogP contribution >= 0.6 is 11.6 Å². The fourth-order valence-electron chi connectivity index (χ4n) is 10.3. The first-order valence-electron chi connectivity index (χ1n) is 26.6. The molecule has 0 unspecified atom stereocenters. The van der Waals surface area contributed by atoms with Crippen molar-refractivity contribution in [3.63, 3.8) is 0 Å². The van der Waals surface area contributed by atoms with Gasteiger partial charge in [0.05, 0.1) is 21.8 Å². The van der Waals surface area contributed by atoms with Crippen molar-refractivity contribution in [2.45, 2.75) is 164 Å². The zero-order valence-electron chi connectivity index (χ0n) is 45.9. The van der Waals surface area contributed by atoms with Crippen molar-refractivity contribution >= 4 is 51.6 Å². The number of hydrogen-bond donors (Lipinski definition) is 0. The summed E-state index contributed by atoms with van der Waals surface area (Å²) in [6.07, 6.45) is 26.4. The maximum absolute atomic E-state index is 12.1. The molecule has 0 bridgehead atoms. The van der Waals surface area contributed by atoms with Crippen molar-refractivity contribution in [2.75, 3.05) is 36.0 Å². The topological polar surface area (TPSA) is 144 Å². The number of fused-ring (bicyclic) bond motifs is 3. The van der Waals surface area contributed by atoms with Crippen LogP contribution in [0.3, 0.4) is 0 Å². The number of halogens is 2. The molecule has 0 saturated heterocycles. The van der Waals surface area contributed by atoms with E-state index in [1.807, 2.05) is 19.1 Å². The Hall–Kier alpha value is -4.42. The molecule has 0 saturated carbocycles. The Morgan fingerprint density at radius 3 is 1.97 bits per heavy atom. The number of carbonyl (C=O) groups excluding carboxylic acids is 1. The minimum Gasteiger partial charge on any atom is -0.372 e. The maximum Gasteiger partial charge on any atom is 0.223 e.